The Hall–Kier alpha value is -1.26. The van der Waals surface area contributed by atoms with E-state index >= 15 is 0 Å². The van der Waals surface area contributed by atoms with Gasteiger partial charge in [0.2, 0.25) is 5.91 Å². The fraction of sp³-hybridized carbons (Fsp3) is 0.833. The van der Waals surface area contributed by atoms with Crippen LogP contribution in [0.5, 0.6) is 0 Å². The first-order valence-electron chi connectivity index (χ1n) is 9.38. The minimum absolute atomic E-state index is 0. The van der Waals surface area contributed by atoms with Gasteiger partial charge >= 0.3 is 6.09 Å². The normalized spacial score (nSPS) is 17.7. The van der Waals surface area contributed by atoms with E-state index in [0.29, 0.717) is 19.5 Å². The van der Waals surface area contributed by atoms with Crippen LogP contribution in [-0.4, -0.2) is 73.1 Å². The zero-order valence-corrected chi connectivity index (χ0v) is 19.6. The lowest BCUT2D eigenvalue weighted by molar-refractivity contribution is -0.119. The molecular weight excluding hydrogens is 461 g/mol. The van der Waals surface area contributed by atoms with Gasteiger partial charge in [0.25, 0.3) is 0 Å². The maximum Gasteiger partial charge on any atom is 0.410 e. The number of piperidine rings is 1. The van der Waals surface area contributed by atoms with Crippen molar-refractivity contribution < 1.29 is 14.3 Å². The number of primary amides is 1. The second-order valence-corrected chi connectivity index (χ2v) is 7.76. The molecule has 1 heterocycles. The summed E-state index contributed by atoms with van der Waals surface area (Å²) in [4.78, 5) is 31.5. The Morgan fingerprint density at radius 1 is 1.37 bits per heavy atom. The van der Waals surface area contributed by atoms with Gasteiger partial charge in [-0.2, -0.15) is 0 Å². The average Bonchev–Trinajstić information content (AvgIpc) is 2.52. The molecule has 9 heteroatoms. The summed E-state index contributed by atoms with van der Waals surface area (Å²) >= 11 is 0. The number of nitrogens with zero attached hydrogens (tertiary/aromatic N) is 3. The molecule has 0 saturated carbocycles. The predicted molar refractivity (Wildman–Crippen MR) is 118 cm³/mol. The number of carbonyl (C=O) groups is 2. The second-order valence-electron chi connectivity index (χ2n) is 7.76. The number of likely N-dealkylation sites (N-methyl/N-ethyl adjacent to an activating group) is 1. The average molecular weight is 497 g/mol. The molecule has 0 radical (unpaired) electrons. The van der Waals surface area contributed by atoms with Crippen molar-refractivity contribution in [3.8, 4) is 0 Å². The van der Waals surface area contributed by atoms with Crippen LogP contribution >= 0.6 is 24.0 Å². The summed E-state index contributed by atoms with van der Waals surface area (Å²) in [6, 6.07) is 0. The van der Waals surface area contributed by atoms with E-state index in [1.165, 1.54) is 4.90 Å². The van der Waals surface area contributed by atoms with Gasteiger partial charge in [0, 0.05) is 39.6 Å². The van der Waals surface area contributed by atoms with Crippen molar-refractivity contribution in [3.05, 3.63) is 0 Å². The molecule has 0 aromatic rings. The first-order valence-corrected chi connectivity index (χ1v) is 9.38. The van der Waals surface area contributed by atoms with Crippen LogP contribution in [-0.2, 0) is 9.53 Å². The molecule has 1 aliphatic heterocycles. The lowest BCUT2D eigenvalue weighted by Crippen LogP contribution is -2.47. The largest absolute Gasteiger partial charge is 0.444 e. The molecule has 0 bridgehead atoms. The molecule has 8 nitrogen and oxygen atoms in total. The number of likely N-dealkylation sites (tertiary alicyclic amines) is 1. The number of nitrogens with two attached hydrogens (primary N) is 1. The van der Waals surface area contributed by atoms with E-state index in [1.54, 1.807) is 7.05 Å². The summed E-state index contributed by atoms with van der Waals surface area (Å²) in [5, 5.41) is 3.29. The summed E-state index contributed by atoms with van der Waals surface area (Å²) in [5.74, 6) is 0.839. The predicted octanol–water partition coefficient (Wildman–Crippen LogP) is 2.02. The van der Waals surface area contributed by atoms with Gasteiger partial charge in [0.1, 0.15) is 5.60 Å². The smallest absolute Gasteiger partial charge is 0.410 e. The maximum atomic E-state index is 12.0. The third-order valence-corrected chi connectivity index (χ3v) is 4.05. The number of amides is 2. The highest BCUT2D eigenvalue weighted by molar-refractivity contribution is 14.0. The Labute approximate surface area is 180 Å². The monoisotopic (exact) mass is 497 g/mol. The molecule has 1 rings (SSSR count). The molecule has 27 heavy (non-hydrogen) atoms. The number of hydrogen-bond acceptors (Lipinski definition) is 4. The number of halogens is 1. The Morgan fingerprint density at radius 3 is 2.59 bits per heavy atom. The van der Waals surface area contributed by atoms with Gasteiger partial charge in [0.15, 0.2) is 5.96 Å². The topological polar surface area (TPSA) is 100 Å². The minimum atomic E-state index is -0.507. The van der Waals surface area contributed by atoms with Gasteiger partial charge in [-0.25, -0.2) is 4.79 Å². The molecule has 0 aromatic carbocycles. The van der Waals surface area contributed by atoms with Crippen LogP contribution in [0.1, 0.15) is 47.0 Å². The van der Waals surface area contributed by atoms with Crippen LogP contribution < -0.4 is 11.1 Å². The lowest BCUT2D eigenvalue weighted by Gasteiger charge is -2.34. The minimum Gasteiger partial charge on any atom is -0.444 e. The van der Waals surface area contributed by atoms with E-state index < -0.39 is 5.60 Å². The number of rotatable bonds is 6. The second kappa shape index (κ2) is 12.2. The van der Waals surface area contributed by atoms with Gasteiger partial charge in [-0.3, -0.25) is 9.79 Å². The van der Waals surface area contributed by atoms with Crippen molar-refractivity contribution in [2.75, 3.05) is 39.8 Å². The van der Waals surface area contributed by atoms with Crippen molar-refractivity contribution in [1.29, 1.82) is 0 Å². The summed E-state index contributed by atoms with van der Waals surface area (Å²) in [6.07, 6.45) is 2.09. The van der Waals surface area contributed by atoms with Crippen LogP contribution in [0.25, 0.3) is 0 Å². The molecule has 1 atom stereocenters. The third-order valence-electron chi connectivity index (χ3n) is 4.05. The van der Waals surface area contributed by atoms with E-state index in [0.717, 1.165) is 38.4 Å². The molecule has 1 fully saturated rings. The number of guanidine groups is 1. The maximum absolute atomic E-state index is 12.0. The van der Waals surface area contributed by atoms with Crippen molar-refractivity contribution in [2.24, 2.45) is 16.6 Å². The zero-order valence-electron chi connectivity index (χ0n) is 17.3. The number of aliphatic imine (C=N–C) groups is 1. The lowest BCUT2D eigenvalue weighted by atomic mass is 9.95. The SMILES string of the molecule is CCNC(=NCCN(C)C(=O)OC(C)(C)C)N1CCCC(CC(N)=O)C1.I. The molecule has 1 aliphatic rings. The molecule has 158 valence electrons. The molecule has 0 spiro atoms. The van der Waals surface area contributed by atoms with E-state index in [1.807, 2.05) is 27.7 Å². The van der Waals surface area contributed by atoms with Crippen LogP contribution in [0, 0.1) is 5.92 Å². The summed E-state index contributed by atoms with van der Waals surface area (Å²) in [5.41, 5.74) is 4.83. The highest BCUT2D eigenvalue weighted by Crippen LogP contribution is 2.19. The Bertz CT molecular complexity index is 508. The zero-order chi connectivity index (χ0) is 19.7. The molecule has 1 saturated heterocycles. The van der Waals surface area contributed by atoms with Crippen LogP contribution in [0.3, 0.4) is 0 Å². The highest BCUT2D eigenvalue weighted by atomic mass is 127. The highest BCUT2D eigenvalue weighted by Gasteiger charge is 2.24. The molecule has 2 amide bonds. The van der Waals surface area contributed by atoms with E-state index in [9.17, 15) is 9.59 Å². The number of ether oxygens (including phenoxy) is 1. The quantitative estimate of drug-likeness (QED) is 0.332. The van der Waals surface area contributed by atoms with Gasteiger partial charge in [-0.05, 0) is 46.5 Å². The summed E-state index contributed by atoms with van der Waals surface area (Å²) in [7, 11) is 1.71. The third kappa shape index (κ3) is 10.6. The number of nitrogens with one attached hydrogen (secondary N) is 1. The summed E-state index contributed by atoms with van der Waals surface area (Å²) in [6.45, 7) is 11.0. The molecular formula is C18H36IN5O3. The van der Waals surface area contributed by atoms with Crippen molar-refractivity contribution in [3.63, 3.8) is 0 Å². The molecule has 1 unspecified atom stereocenters. The molecule has 3 N–H and O–H groups in total. The van der Waals surface area contributed by atoms with Crippen molar-refractivity contribution >= 4 is 41.9 Å². The van der Waals surface area contributed by atoms with Crippen LogP contribution in [0.4, 0.5) is 4.79 Å². The van der Waals surface area contributed by atoms with E-state index in [2.05, 4.69) is 15.2 Å². The van der Waals surface area contributed by atoms with Crippen molar-refractivity contribution in [2.45, 2.75) is 52.6 Å². The van der Waals surface area contributed by atoms with E-state index in [4.69, 9.17) is 10.5 Å². The molecule has 0 aliphatic carbocycles. The van der Waals surface area contributed by atoms with Gasteiger partial charge in [0.05, 0.1) is 6.54 Å². The summed E-state index contributed by atoms with van der Waals surface area (Å²) < 4.78 is 5.34. The van der Waals surface area contributed by atoms with Crippen LogP contribution in [0.2, 0.25) is 0 Å². The molecule has 0 aromatic heterocycles. The van der Waals surface area contributed by atoms with Crippen LogP contribution in [0.15, 0.2) is 4.99 Å². The fourth-order valence-corrected chi connectivity index (χ4v) is 2.87. The van der Waals surface area contributed by atoms with Gasteiger partial charge in [-0.1, -0.05) is 0 Å². The number of carbonyl (C=O) groups excluding carboxylic acids is 2. The Balaban J connectivity index is 0.00000676. The fourth-order valence-electron chi connectivity index (χ4n) is 2.87. The Morgan fingerprint density at radius 2 is 2.04 bits per heavy atom. The first kappa shape index (κ1) is 25.7. The van der Waals surface area contributed by atoms with E-state index in [-0.39, 0.29) is 41.9 Å². The standard InChI is InChI=1S/C18H35N5O3.HI/c1-6-20-16(23-10-7-8-14(13-23)12-15(19)24)21-9-11-22(5)17(25)26-18(2,3)4;/h14H,6-13H2,1-5H3,(H2,19,24)(H,20,21);1H. The van der Waals surface area contributed by atoms with Gasteiger partial charge in [-0.15, -0.1) is 24.0 Å². The van der Waals surface area contributed by atoms with Crippen molar-refractivity contribution in [1.82, 2.24) is 15.1 Å². The Kier molecular flexibility index (Phi) is 11.7. The first-order chi connectivity index (χ1) is 12.1. The van der Waals surface area contributed by atoms with Gasteiger partial charge < -0.3 is 25.6 Å². The number of hydrogen-bond donors (Lipinski definition) is 2.